The second-order valence-corrected chi connectivity index (χ2v) is 4.79. The van der Waals surface area contributed by atoms with Crippen LogP contribution in [0.2, 0.25) is 0 Å². The van der Waals surface area contributed by atoms with Gasteiger partial charge in [0.05, 0.1) is 10.8 Å². The van der Waals surface area contributed by atoms with Crippen molar-refractivity contribution in [3.63, 3.8) is 0 Å². The number of thiocyanates is 2. The number of alkyl halides is 1. The SMILES string of the molecule is CC(CCF)(SC#N)SC#N. The molecule has 0 atom stereocenters. The van der Waals surface area contributed by atoms with Crippen LogP contribution >= 0.6 is 23.5 Å². The van der Waals surface area contributed by atoms with Gasteiger partial charge >= 0.3 is 0 Å². The molecule has 0 amide bonds. The molecular formula is C6H7FN2S2. The van der Waals surface area contributed by atoms with E-state index < -0.39 is 10.8 Å². The summed E-state index contributed by atoms with van der Waals surface area (Å²) in [7, 11) is 0. The summed E-state index contributed by atoms with van der Waals surface area (Å²) in [4.78, 5) is 0. The van der Waals surface area contributed by atoms with Gasteiger partial charge < -0.3 is 0 Å². The fourth-order valence-corrected chi connectivity index (χ4v) is 1.62. The van der Waals surface area contributed by atoms with Crippen molar-refractivity contribution in [3.05, 3.63) is 0 Å². The number of nitriles is 2. The normalized spacial score (nSPS) is 10.2. The standard InChI is InChI=1S/C6H7FN2S2/c1-6(2-3-7,10-4-8)11-5-9/h2-3H2,1H3. The third kappa shape index (κ3) is 4.13. The van der Waals surface area contributed by atoms with Crippen LogP contribution in [0.3, 0.4) is 0 Å². The molecule has 0 N–H and O–H groups in total. The molecule has 0 heterocycles. The lowest BCUT2D eigenvalue weighted by Gasteiger charge is -2.18. The summed E-state index contributed by atoms with van der Waals surface area (Å²) in [6.07, 6.45) is 0.226. The molecule has 0 aromatic carbocycles. The van der Waals surface area contributed by atoms with E-state index in [9.17, 15) is 4.39 Å². The van der Waals surface area contributed by atoms with Crippen LogP contribution in [0.5, 0.6) is 0 Å². The van der Waals surface area contributed by atoms with Crippen LogP contribution in [0.25, 0.3) is 0 Å². The molecular weight excluding hydrogens is 183 g/mol. The van der Waals surface area contributed by atoms with E-state index >= 15 is 0 Å². The first kappa shape index (κ1) is 10.6. The number of hydrogen-bond donors (Lipinski definition) is 0. The summed E-state index contributed by atoms with van der Waals surface area (Å²) < 4.78 is 11.3. The van der Waals surface area contributed by atoms with Gasteiger partial charge in [-0.1, -0.05) is 0 Å². The minimum Gasteiger partial charge on any atom is -0.251 e. The third-order valence-corrected chi connectivity index (χ3v) is 3.03. The first-order chi connectivity index (χ1) is 5.18. The van der Waals surface area contributed by atoms with Gasteiger partial charge in [0.15, 0.2) is 0 Å². The first-order valence-corrected chi connectivity index (χ1v) is 4.52. The van der Waals surface area contributed by atoms with Gasteiger partial charge in [-0.2, -0.15) is 10.5 Å². The Morgan fingerprint density at radius 3 is 2.09 bits per heavy atom. The molecule has 0 fully saturated rings. The third-order valence-electron chi connectivity index (χ3n) is 1.07. The zero-order valence-electron chi connectivity index (χ0n) is 6.00. The summed E-state index contributed by atoms with van der Waals surface area (Å²) >= 11 is 1.87. The van der Waals surface area contributed by atoms with Crippen LogP contribution in [0, 0.1) is 21.3 Å². The van der Waals surface area contributed by atoms with Crippen molar-refractivity contribution < 1.29 is 4.39 Å². The highest BCUT2D eigenvalue weighted by Gasteiger charge is 2.25. The molecule has 0 aromatic rings. The van der Waals surface area contributed by atoms with Gasteiger partial charge in [0.25, 0.3) is 0 Å². The molecule has 0 saturated heterocycles. The Hall–Kier alpha value is -0.390. The number of rotatable bonds is 4. The van der Waals surface area contributed by atoms with Crippen molar-refractivity contribution in [2.75, 3.05) is 6.67 Å². The fourth-order valence-electron chi connectivity index (χ4n) is 0.488. The Kier molecular flexibility index (Phi) is 5.10. The molecule has 0 aromatic heterocycles. The lowest BCUT2D eigenvalue weighted by Crippen LogP contribution is -2.13. The highest BCUT2D eigenvalue weighted by Crippen LogP contribution is 2.38. The van der Waals surface area contributed by atoms with Gasteiger partial charge in [-0.3, -0.25) is 4.39 Å². The van der Waals surface area contributed by atoms with E-state index in [1.165, 1.54) is 0 Å². The Balaban J connectivity index is 4.05. The number of nitrogens with zero attached hydrogens (tertiary/aromatic N) is 2. The Morgan fingerprint density at radius 2 is 1.82 bits per heavy atom. The molecule has 0 aliphatic carbocycles. The molecule has 0 aliphatic heterocycles. The molecule has 2 nitrogen and oxygen atoms in total. The molecule has 0 saturated carbocycles. The lowest BCUT2D eigenvalue weighted by atomic mass is 10.3. The van der Waals surface area contributed by atoms with Crippen molar-refractivity contribution >= 4 is 23.5 Å². The predicted molar refractivity (Wildman–Crippen MR) is 45.4 cm³/mol. The van der Waals surface area contributed by atoms with Crippen LogP contribution in [0.4, 0.5) is 4.39 Å². The minimum absolute atomic E-state index is 0.226. The summed E-state index contributed by atoms with van der Waals surface area (Å²) in [5.74, 6) is 0. The molecule has 0 aliphatic rings. The average molecular weight is 190 g/mol. The van der Waals surface area contributed by atoms with Crippen LogP contribution in [0.1, 0.15) is 13.3 Å². The Morgan fingerprint density at radius 1 is 1.36 bits per heavy atom. The Labute approximate surface area is 73.8 Å². The van der Waals surface area contributed by atoms with Gasteiger partial charge in [0.1, 0.15) is 10.8 Å². The van der Waals surface area contributed by atoms with Gasteiger partial charge in [0.2, 0.25) is 0 Å². The van der Waals surface area contributed by atoms with Crippen molar-refractivity contribution in [2.45, 2.75) is 17.4 Å². The Bertz CT molecular complexity index is 178. The quantitative estimate of drug-likeness (QED) is 0.504. The van der Waals surface area contributed by atoms with Gasteiger partial charge in [-0.05, 0) is 30.4 Å². The van der Waals surface area contributed by atoms with E-state index in [2.05, 4.69) is 0 Å². The molecule has 0 radical (unpaired) electrons. The van der Waals surface area contributed by atoms with E-state index in [-0.39, 0.29) is 6.42 Å². The first-order valence-electron chi connectivity index (χ1n) is 2.88. The zero-order chi connectivity index (χ0) is 8.74. The largest absolute Gasteiger partial charge is 0.251 e. The second-order valence-electron chi connectivity index (χ2n) is 1.96. The van der Waals surface area contributed by atoms with Crippen molar-refractivity contribution in [1.82, 2.24) is 0 Å². The average Bonchev–Trinajstić information content (AvgIpc) is 1.88. The van der Waals surface area contributed by atoms with Crippen LogP contribution in [0.15, 0.2) is 0 Å². The highest BCUT2D eigenvalue weighted by atomic mass is 32.2. The van der Waals surface area contributed by atoms with Gasteiger partial charge in [-0.25, -0.2) is 0 Å². The fraction of sp³-hybridized carbons (Fsp3) is 0.667. The van der Waals surface area contributed by atoms with Crippen LogP contribution in [-0.2, 0) is 0 Å². The predicted octanol–water partition coefficient (Wildman–Crippen LogP) is 2.49. The van der Waals surface area contributed by atoms with E-state index in [1.54, 1.807) is 6.92 Å². The smallest absolute Gasteiger partial charge is 0.134 e. The van der Waals surface area contributed by atoms with Gasteiger partial charge in [0, 0.05) is 6.42 Å². The van der Waals surface area contributed by atoms with Crippen molar-refractivity contribution in [2.24, 2.45) is 0 Å². The molecule has 60 valence electrons. The number of hydrogen-bond acceptors (Lipinski definition) is 4. The van der Waals surface area contributed by atoms with E-state index in [4.69, 9.17) is 10.5 Å². The zero-order valence-corrected chi connectivity index (χ0v) is 7.64. The van der Waals surface area contributed by atoms with Crippen molar-refractivity contribution in [1.29, 1.82) is 10.5 Å². The summed E-state index contributed by atoms with van der Waals surface area (Å²) in [6, 6.07) is 0. The maximum absolute atomic E-state index is 11.9. The molecule has 0 bridgehead atoms. The molecule has 5 heteroatoms. The number of thioether (sulfide) groups is 2. The van der Waals surface area contributed by atoms with Crippen molar-refractivity contribution in [3.8, 4) is 10.8 Å². The van der Waals surface area contributed by atoms with Gasteiger partial charge in [-0.15, -0.1) is 0 Å². The summed E-state index contributed by atoms with van der Waals surface area (Å²) in [5.41, 5.74) is 0. The maximum atomic E-state index is 11.9. The monoisotopic (exact) mass is 190 g/mol. The topological polar surface area (TPSA) is 47.6 Å². The maximum Gasteiger partial charge on any atom is 0.134 e. The highest BCUT2D eigenvalue weighted by molar-refractivity contribution is 8.22. The van der Waals surface area contributed by atoms with E-state index in [1.807, 2.05) is 10.8 Å². The summed E-state index contributed by atoms with van der Waals surface area (Å²) in [5, 5.41) is 20.4. The van der Waals surface area contributed by atoms with Crippen LogP contribution in [-0.4, -0.2) is 10.8 Å². The summed E-state index contributed by atoms with van der Waals surface area (Å²) in [6.45, 7) is 1.19. The molecule has 0 unspecified atom stereocenters. The molecule has 0 rings (SSSR count). The second kappa shape index (κ2) is 5.29. The molecule has 11 heavy (non-hydrogen) atoms. The minimum atomic E-state index is -0.613. The number of halogens is 1. The van der Waals surface area contributed by atoms with E-state index in [0.29, 0.717) is 0 Å². The lowest BCUT2D eigenvalue weighted by molar-refractivity contribution is 0.465. The molecule has 0 spiro atoms. The van der Waals surface area contributed by atoms with E-state index in [0.717, 1.165) is 23.5 Å². The van der Waals surface area contributed by atoms with Crippen LogP contribution < -0.4 is 0 Å².